The Hall–Kier alpha value is -3.89. The van der Waals surface area contributed by atoms with Crippen molar-refractivity contribution in [1.82, 2.24) is 24.7 Å². The summed E-state index contributed by atoms with van der Waals surface area (Å²) in [6, 6.07) is 13.6. The predicted octanol–water partition coefficient (Wildman–Crippen LogP) is 4.14. The summed E-state index contributed by atoms with van der Waals surface area (Å²) in [6.07, 6.45) is 3.91. The topological polar surface area (TPSA) is 96.7 Å². The van der Waals surface area contributed by atoms with Gasteiger partial charge >= 0.3 is 0 Å². The quantitative estimate of drug-likeness (QED) is 0.376. The van der Waals surface area contributed by atoms with Crippen molar-refractivity contribution in [3.63, 3.8) is 0 Å². The van der Waals surface area contributed by atoms with Gasteiger partial charge in [-0.25, -0.2) is 4.98 Å². The van der Waals surface area contributed by atoms with Gasteiger partial charge in [-0.15, -0.1) is 9.73 Å². The van der Waals surface area contributed by atoms with Gasteiger partial charge in [0.25, 0.3) is 0 Å². The summed E-state index contributed by atoms with van der Waals surface area (Å²) in [7, 11) is 3.79. The van der Waals surface area contributed by atoms with Crippen LogP contribution in [0.5, 0.6) is 5.75 Å². The third kappa shape index (κ3) is 4.98. The molecule has 35 heavy (non-hydrogen) atoms. The summed E-state index contributed by atoms with van der Waals surface area (Å²) in [6.45, 7) is 5.41. The largest absolute Gasteiger partial charge is 0.495 e. The highest BCUT2D eigenvalue weighted by atomic mass is 32.2. The number of rotatable bonds is 7. The van der Waals surface area contributed by atoms with E-state index in [1.54, 1.807) is 17.9 Å². The van der Waals surface area contributed by atoms with E-state index in [2.05, 4.69) is 51.5 Å². The number of aromatic nitrogens is 4. The number of hydrogen-bond acceptors (Lipinski definition) is 8. The molecule has 2 aromatic heterocycles. The molecule has 2 aromatic carbocycles. The van der Waals surface area contributed by atoms with E-state index in [-0.39, 0.29) is 5.91 Å². The van der Waals surface area contributed by atoms with Gasteiger partial charge in [0.05, 0.1) is 19.0 Å². The predicted molar refractivity (Wildman–Crippen MR) is 136 cm³/mol. The molecular formula is C25H25N7O2S. The molecule has 1 aliphatic rings. The average Bonchev–Trinajstić information content (AvgIpc) is 3.33. The van der Waals surface area contributed by atoms with Crippen LogP contribution < -0.4 is 15.4 Å². The number of methoxy groups -OCH3 is 1. The molecule has 178 valence electrons. The van der Waals surface area contributed by atoms with Crippen molar-refractivity contribution in [3.8, 4) is 5.75 Å². The first kappa shape index (κ1) is 22.9. The second-order valence-electron chi connectivity index (χ2n) is 8.20. The first-order valence-electron chi connectivity index (χ1n) is 11.1. The van der Waals surface area contributed by atoms with Crippen LogP contribution in [0.2, 0.25) is 0 Å². The van der Waals surface area contributed by atoms with Crippen molar-refractivity contribution in [3.05, 3.63) is 72.4 Å². The first-order valence-corrected chi connectivity index (χ1v) is 11.9. The van der Waals surface area contributed by atoms with Crippen LogP contribution in [-0.2, 0) is 17.8 Å². The molecule has 9 nitrogen and oxygen atoms in total. The number of amides is 1. The number of carbonyl (C=O) groups excluding carboxylic acids is 1. The van der Waals surface area contributed by atoms with E-state index in [0.717, 1.165) is 46.4 Å². The molecule has 1 aliphatic heterocycles. The molecule has 0 saturated carbocycles. The van der Waals surface area contributed by atoms with Crippen LogP contribution in [-0.4, -0.2) is 51.3 Å². The minimum atomic E-state index is -0.260. The Bertz CT molecular complexity index is 1420. The third-order valence-electron chi connectivity index (χ3n) is 5.71. The lowest BCUT2D eigenvalue weighted by molar-refractivity contribution is -0.111. The van der Waals surface area contributed by atoms with Crippen molar-refractivity contribution in [2.24, 2.45) is 0 Å². The van der Waals surface area contributed by atoms with Crippen molar-refractivity contribution < 1.29 is 9.53 Å². The van der Waals surface area contributed by atoms with Gasteiger partial charge in [0.2, 0.25) is 11.9 Å². The van der Waals surface area contributed by atoms with Gasteiger partial charge in [-0.05, 0) is 67.1 Å². The number of nitrogens with one attached hydrogen (secondary N) is 2. The fraction of sp³-hybridized carbons (Fsp3) is 0.200. The lowest BCUT2D eigenvalue weighted by Gasteiger charge is -2.26. The summed E-state index contributed by atoms with van der Waals surface area (Å²) in [4.78, 5) is 19.7. The van der Waals surface area contributed by atoms with E-state index in [9.17, 15) is 4.79 Å². The van der Waals surface area contributed by atoms with E-state index < -0.39 is 0 Å². The zero-order chi connectivity index (χ0) is 24.4. The Labute approximate surface area is 207 Å². The number of anilines is 3. The molecular weight excluding hydrogens is 462 g/mol. The van der Waals surface area contributed by atoms with Crippen molar-refractivity contribution in [2.45, 2.75) is 22.9 Å². The van der Waals surface area contributed by atoms with Crippen molar-refractivity contribution >= 4 is 40.5 Å². The van der Waals surface area contributed by atoms with E-state index in [0.29, 0.717) is 11.6 Å². The van der Waals surface area contributed by atoms with Crippen LogP contribution >= 0.6 is 11.8 Å². The lowest BCUT2D eigenvalue weighted by Crippen LogP contribution is -2.26. The number of hydrogen-bond donors (Lipinski definition) is 2. The van der Waals surface area contributed by atoms with E-state index in [1.165, 1.54) is 29.0 Å². The monoisotopic (exact) mass is 487 g/mol. The molecule has 0 radical (unpaired) electrons. The van der Waals surface area contributed by atoms with Gasteiger partial charge in [0.1, 0.15) is 16.3 Å². The maximum atomic E-state index is 11.7. The smallest absolute Gasteiger partial charge is 0.248 e. The van der Waals surface area contributed by atoms with Gasteiger partial charge in [0, 0.05) is 23.7 Å². The minimum Gasteiger partial charge on any atom is -0.495 e. The van der Waals surface area contributed by atoms with Crippen LogP contribution in [0.15, 0.2) is 71.2 Å². The number of likely N-dealkylation sites (N-methyl/N-ethyl adjacent to an activating group) is 1. The molecule has 0 aliphatic carbocycles. The normalized spacial score (nSPS) is 13.3. The number of fused-ring (bicyclic) bond motifs is 2. The second kappa shape index (κ2) is 9.77. The summed E-state index contributed by atoms with van der Waals surface area (Å²) in [5.74, 6) is 0.888. The number of benzene rings is 2. The molecule has 5 rings (SSSR count). The fourth-order valence-electron chi connectivity index (χ4n) is 3.98. The van der Waals surface area contributed by atoms with E-state index in [4.69, 9.17) is 9.72 Å². The Kier molecular flexibility index (Phi) is 6.39. The Morgan fingerprint density at radius 3 is 2.94 bits per heavy atom. The molecule has 0 unspecified atom stereocenters. The lowest BCUT2D eigenvalue weighted by atomic mass is 9.99. The fourth-order valence-corrected chi connectivity index (χ4v) is 4.93. The van der Waals surface area contributed by atoms with E-state index >= 15 is 0 Å². The molecule has 0 fully saturated rings. The zero-order valence-corrected chi connectivity index (χ0v) is 20.3. The number of nitrogens with zero attached hydrogens (tertiary/aromatic N) is 5. The summed E-state index contributed by atoms with van der Waals surface area (Å²) in [5, 5.41) is 15.7. The van der Waals surface area contributed by atoms with Gasteiger partial charge in [-0.1, -0.05) is 24.4 Å². The van der Waals surface area contributed by atoms with Crippen LogP contribution in [0.25, 0.3) is 5.52 Å². The SMILES string of the molecule is C=CC(=O)Nc1cccc(Sc2nc(Nc3cc4c(cc3OC)CN(C)CC4)nn3nccc23)c1. The molecule has 10 heteroatoms. The Morgan fingerprint density at radius 1 is 1.23 bits per heavy atom. The van der Waals surface area contributed by atoms with E-state index in [1.807, 2.05) is 30.3 Å². The van der Waals surface area contributed by atoms with Crippen LogP contribution in [0.4, 0.5) is 17.3 Å². The first-order chi connectivity index (χ1) is 17.0. The van der Waals surface area contributed by atoms with Crippen LogP contribution in [0, 0.1) is 0 Å². The molecule has 0 bridgehead atoms. The maximum Gasteiger partial charge on any atom is 0.248 e. The molecule has 1 amide bonds. The summed E-state index contributed by atoms with van der Waals surface area (Å²) >= 11 is 1.46. The average molecular weight is 488 g/mol. The van der Waals surface area contributed by atoms with Gasteiger partial charge in [-0.2, -0.15) is 5.10 Å². The van der Waals surface area contributed by atoms with Crippen molar-refractivity contribution in [2.75, 3.05) is 31.3 Å². The zero-order valence-electron chi connectivity index (χ0n) is 19.5. The molecule has 3 heterocycles. The number of ether oxygens (including phenoxy) is 1. The maximum absolute atomic E-state index is 11.7. The molecule has 2 N–H and O–H groups in total. The Balaban J connectivity index is 1.46. The van der Waals surface area contributed by atoms with Gasteiger partial charge < -0.3 is 20.3 Å². The Morgan fingerprint density at radius 2 is 2.11 bits per heavy atom. The molecule has 4 aromatic rings. The van der Waals surface area contributed by atoms with Crippen LogP contribution in [0.3, 0.4) is 0 Å². The molecule has 0 atom stereocenters. The van der Waals surface area contributed by atoms with Crippen LogP contribution in [0.1, 0.15) is 11.1 Å². The highest BCUT2D eigenvalue weighted by molar-refractivity contribution is 7.99. The second-order valence-corrected chi connectivity index (χ2v) is 9.27. The number of carbonyl (C=O) groups is 1. The van der Waals surface area contributed by atoms with Gasteiger partial charge in [-0.3, -0.25) is 4.79 Å². The van der Waals surface area contributed by atoms with Gasteiger partial charge in [0.15, 0.2) is 0 Å². The summed E-state index contributed by atoms with van der Waals surface area (Å²) in [5.41, 5.74) is 4.83. The minimum absolute atomic E-state index is 0.260. The molecule has 0 saturated heterocycles. The summed E-state index contributed by atoms with van der Waals surface area (Å²) < 4.78 is 7.22. The highest BCUT2D eigenvalue weighted by Crippen LogP contribution is 2.35. The third-order valence-corrected chi connectivity index (χ3v) is 6.70. The highest BCUT2D eigenvalue weighted by Gasteiger charge is 2.18. The standard InChI is InChI=1S/C25H25N7O2S/c1-4-23(33)27-18-6-5-7-19(14-18)35-24-21-8-10-26-32(21)30-25(29-24)28-20-12-16-9-11-31(2)15-17(16)13-22(20)34-3/h4-8,10,12-14H,1,9,11,15H2,2-3H3,(H,27,33)(H,28,30). The van der Waals surface area contributed by atoms with Crippen molar-refractivity contribution in [1.29, 1.82) is 0 Å². The molecule has 0 spiro atoms.